The fourth-order valence-corrected chi connectivity index (χ4v) is 3.26. The van der Waals surface area contributed by atoms with Gasteiger partial charge in [0, 0.05) is 45.0 Å². The van der Waals surface area contributed by atoms with Crippen LogP contribution in [0.5, 0.6) is 0 Å². The number of hydrogen-bond donors (Lipinski definition) is 1. The molecular formula is C14H24F2N2O2. The number of carbonyl (C=O) groups is 1. The highest BCUT2D eigenvalue weighted by atomic mass is 19.3. The summed E-state index contributed by atoms with van der Waals surface area (Å²) < 4.78 is 31.7. The van der Waals surface area contributed by atoms with Crippen molar-refractivity contribution in [2.24, 2.45) is 11.7 Å². The Balaban J connectivity index is 1.95. The van der Waals surface area contributed by atoms with Gasteiger partial charge in [-0.3, -0.25) is 4.79 Å². The molecule has 1 saturated carbocycles. The van der Waals surface area contributed by atoms with Crippen molar-refractivity contribution in [2.75, 3.05) is 20.2 Å². The molecule has 2 aliphatic rings. The molecule has 1 aliphatic carbocycles. The van der Waals surface area contributed by atoms with Crippen LogP contribution in [0.25, 0.3) is 0 Å². The molecule has 1 amide bonds. The van der Waals surface area contributed by atoms with Gasteiger partial charge >= 0.3 is 0 Å². The lowest BCUT2D eigenvalue weighted by Gasteiger charge is -2.41. The summed E-state index contributed by atoms with van der Waals surface area (Å²) in [5.74, 6) is -2.85. The molecule has 1 aliphatic heterocycles. The predicted octanol–water partition coefficient (Wildman–Crippen LogP) is 1.78. The van der Waals surface area contributed by atoms with E-state index in [2.05, 4.69) is 0 Å². The van der Waals surface area contributed by atoms with Crippen LogP contribution in [0.1, 0.15) is 38.5 Å². The highest BCUT2D eigenvalue weighted by Crippen LogP contribution is 2.37. The molecule has 0 spiro atoms. The molecular weight excluding hydrogens is 266 g/mol. The summed E-state index contributed by atoms with van der Waals surface area (Å²) in [6.07, 6.45) is 1.89. The molecule has 0 radical (unpaired) electrons. The number of likely N-dealkylation sites (tertiary alicyclic amines) is 1. The van der Waals surface area contributed by atoms with Crippen LogP contribution in [0.4, 0.5) is 8.78 Å². The minimum atomic E-state index is -2.59. The number of nitrogens with two attached hydrogens (primary N) is 1. The monoisotopic (exact) mass is 290 g/mol. The summed E-state index contributed by atoms with van der Waals surface area (Å²) in [6, 6.07) is -0.0244. The number of nitrogens with zero attached hydrogens (tertiary/aromatic N) is 1. The second kappa shape index (κ2) is 6.35. The van der Waals surface area contributed by atoms with Crippen molar-refractivity contribution < 1.29 is 18.3 Å². The van der Waals surface area contributed by atoms with Crippen molar-refractivity contribution in [1.82, 2.24) is 4.90 Å². The van der Waals surface area contributed by atoms with Crippen LogP contribution in [0.2, 0.25) is 0 Å². The van der Waals surface area contributed by atoms with Gasteiger partial charge in [0.1, 0.15) is 0 Å². The van der Waals surface area contributed by atoms with E-state index < -0.39 is 5.92 Å². The summed E-state index contributed by atoms with van der Waals surface area (Å²) in [5.41, 5.74) is 5.75. The molecule has 1 heterocycles. The fourth-order valence-electron chi connectivity index (χ4n) is 3.26. The van der Waals surface area contributed by atoms with Gasteiger partial charge in [-0.2, -0.15) is 0 Å². The van der Waals surface area contributed by atoms with Crippen LogP contribution in [-0.4, -0.2) is 49.1 Å². The maximum atomic E-state index is 13.2. The van der Waals surface area contributed by atoms with Crippen LogP contribution in [0, 0.1) is 5.92 Å². The first kappa shape index (κ1) is 15.6. The molecule has 2 unspecified atom stereocenters. The summed E-state index contributed by atoms with van der Waals surface area (Å²) in [7, 11) is 1.67. The number of halogens is 2. The lowest BCUT2D eigenvalue weighted by Crippen LogP contribution is -2.53. The first-order chi connectivity index (χ1) is 9.46. The SMILES string of the molecule is COC1CCN(C(=O)C2CCC(F)(F)CC2)C(CN)C1. The minimum Gasteiger partial charge on any atom is -0.381 e. The van der Waals surface area contributed by atoms with Gasteiger partial charge in [-0.25, -0.2) is 8.78 Å². The average molecular weight is 290 g/mol. The van der Waals surface area contributed by atoms with Crippen molar-refractivity contribution >= 4 is 5.91 Å². The zero-order valence-electron chi connectivity index (χ0n) is 12.0. The second-order valence-corrected chi connectivity index (χ2v) is 5.93. The molecule has 2 fully saturated rings. The molecule has 6 heteroatoms. The lowest BCUT2D eigenvalue weighted by atomic mass is 9.85. The van der Waals surface area contributed by atoms with Crippen molar-refractivity contribution in [1.29, 1.82) is 0 Å². The van der Waals surface area contributed by atoms with E-state index in [0.717, 1.165) is 12.8 Å². The van der Waals surface area contributed by atoms with Gasteiger partial charge in [0.2, 0.25) is 11.8 Å². The Morgan fingerprint density at radius 1 is 1.35 bits per heavy atom. The van der Waals surface area contributed by atoms with E-state index in [1.54, 1.807) is 12.0 Å². The van der Waals surface area contributed by atoms with Gasteiger partial charge in [0.05, 0.1) is 6.10 Å². The highest BCUT2D eigenvalue weighted by molar-refractivity contribution is 5.79. The molecule has 2 N–H and O–H groups in total. The van der Waals surface area contributed by atoms with E-state index in [-0.39, 0.29) is 49.7 Å². The molecule has 2 rings (SSSR count). The maximum absolute atomic E-state index is 13.2. The van der Waals surface area contributed by atoms with Crippen molar-refractivity contribution in [3.8, 4) is 0 Å². The van der Waals surface area contributed by atoms with E-state index >= 15 is 0 Å². The highest BCUT2D eigenvalue weighted by Gasteiger charge is 2.40. The minimum absolute atomic E-state index is 0.00510. The van der Waals surface area contributed by atoms with E-state index in [1.807, 2.05) is 0 Å². The van der Waals surface area contributed by atoms with Crippen LogP contribution < -0.4 is 5.73 Å². The van der Waals surface area contributed by atoms with Crippen molar-refractivity contribution in [3.05, 3.63) is 0 Å². The third kappa shape index (κ3) is 3.47. The Bertz CT molecular complexity index is 342. The zero-order valence-corrected chi connectivity index (χ0v) is 12.0. The largest absolute Gasteiger partial charge is 0.381 e. The number of hydrogen-bond acceptors (Lipinski definition) is 3. The zero-order chi connectivity index (χ0) is 14.8. The number of carbonyl (C=O) groups excluding carboxylic acids is 1. The molecule has 1 saturated heterocycles. The third-order valence-corrected chi connectivity index (χ3v) is 4.62. The molecule has 0 aromatic carbocycles. The number of amides is 1. The Morgan fingerprint density at radius 2 is 2.00 bits per heavy atom. The third-order valence-electron chi connectivity index (χ3n) is 4.62. The van der Waals surface area contributed by atoms with Gasteiger partial charge in [0.25, 0.3) is 0 Å². The fraction of sp³-hybridized carbons (Fsp3) is 0.929. The number of alkyl halides is 2. The van der Waals surface area contributed by atoms with E-state index in [9.17, 15) is 13.6 Å². The van der Waals surface area contributed by atoms with Crippen molar-refractivity contribution in [3.63, 3.8) is 0 Å². The molecule has 116 valence electrons. The summed E-state index contributed by atoms with van der Waals surface area (Å²) >= 11 is 0. The van der Waals surface area contributed by atoms with Gasteiger partial charge in [-0.15, -0.1) is 0 Å². The topological polar surface area (TPSA) is 55.6 Å². The second-order valence-electron chi connectivity index (χ2n) is 5.93. The molecule has 4 nitrogen and oxygen atoms in total. The quantitative estimate of drug-likeness (QED) is 0.862. The molecule has 0 aromatic heterocycles. The van der Waals surface area contributed by atoms with Gasteiger partial charge in [-0.1, -0.05) is 0 Å². The number of piperidine rings is 1. The van der Waals surface area contributed by atoms with Gasteiger partial charge in [0.15, 0.2) is 0 Å². The Labute approximate surface area is 118 Å². The first-order valence-corrected chi connectivity index (χ1v) is 7.38. The van der Waals surface area contributed by atoms with Crippen LogP contribution >= 0.6 is 0 Å². The Morgan fingerprint density at radius 3 is 2.55 bits per heavy atom. The number of rotatable bonds is 3. The van der Waals surface area contributed by atoms with Crippen LogP contribution in [-0.2, 0) is 9.53 Å². The van der Waals surface area contributed by atoms with Crippen LogP contribution in [0.3, 0.4) is 0 Å². The van der Waals surface area contributed by atoms with Gasteiger partial charge in [-0.05, 0) is 25.7 Å². The van der Waals surface area contributed by atoms with E-state index in [4.69, 9.17) is 10.5 Å². The summed E-state index contributed by atoms with van der Waals surface area (Å²) in [6.45, 7) is 1.01. The summed E-state index contributed by atoms with van der Waals surface area (Å²) in [4.78, 5) is 14.3. The smallest absolute Gasteiger partial charge is 0.248 e. The number of ether oxygens (including phenoxy) is 1. The lowest BCUT2D eigenvalue weighted by molar-refractivity contribution is -0.145. The average Bonchev–Trinajstić information content (AvgIpc) is 2.45. The normalized spacial score (nSPS) is 31.3. The molecule has 0 bridgehead atoms. The molecule has 0 aromatic rings. The Kier molecular flexibility index (Phi) is 4.96. The van der Waals surface area contributed by atoms with Crippen molar-refractivity contribution in [2.45, 2.75) is 56.6 Å². The maximum Gasteiger partial charge on any atom is 0.248 e. The summed E-state index contributed by atoms with van der Waals surface area (Å²) in [5, 5.41) is 0. The van der Waals surface area contributed by atoms with Gasteiger partial charge < -0.3 is 15.4 Å². The Hall–Kier alpha value is -0.750. The van der Waals surface area contributed by atoms with E-state index in [0.29, 0.717) is 13.1 Å². The first-order valence-electron chi connectivity index (χ1n) is 7.38. The predicted molar refractivity (Wildman–Crippen MR) is 71.5 cm³/mol. The number of methoxy groups -OCH3 is 1. The van der Waals surface area contributed by atoms with E-state index in [1.165, 1.54) is 0 Å². The standard InChI is InChI=1S/C14H24F2N2O2/c1-20-12-4-7-18(11(8-12)9-17)13(19)10-2-5-14(15,16)6-3-10/h10-12H,2-9,17H2,1H3. The van der Waals surface area contributed by atoms with Crippen LogP contribution in [0.15, 0.2) is 0 Å². The molecule has 2 atom stereocenters. The molecule has 20 heavy (non-hydrogen) atoms.